The number of hydrogen-bond acceptors (Lipinski definition) is 4. The topological polar surface area (TPSA) is 95.9 Å². The first-order chi connectivity index (χ1) is 6.09. The van der Waals surface area contributed by atoms with Crippen LogP contribution < -0.4 is 5.32 Å². The minimum Gasteiger partial charge on any atom is -0.480 e. The Kier molecular flexibility index (Phi) is 3.21. The van der Waals surface area contributed by atoms with Crippen LogP contribution in [0, 0.1) is 0 Å². The Morgan fingerprint density at radius 3 is 2.62 bits per heavy atom. The van der Waals surface area contributed by atoms with Crippen LogP contribution in [0.1, 0.15) is 6.42 Å². The summed E-state index contributed by atoms with van der Waals surface area (Å²) in [4.78, 5) is 20.6. The highest BCUT2D eigenvalue weighted by Gasteiger charge is 2.29. The van der Waals surface area contributed by atoms with Gasteiger partial charge in [-0.3, -0.25) is 4.79 Å². The average molecular weight is 189 g/mol. The van der Waals surface area contributed by atoms with E-state index in [9.17, 15) is 9.59 Å². The first kappa shape index (κ1) is 9.94. The number of carboxylic acid groups (broad SMARTS) is 2. The van der Waals surface area contributed by atoms with Gasteiger partial charge in [-0.15, -0.1) is 0 Å². The molecule has 0 aromatic rings. The SMILES string of the molecule is O=C(O)CO[C@H]1CN[C@@H](C(=O)O)C1. The normalized spacial score (nSPS) is 27.4. The fraction of sp³-hybridized carbons (Fsp3) is 0.714. The molecule has 1 aliphatic rings. The summed E-state index contributed by atoms with van der Waals surface area (Å²) in [6.07, 6.45) is 0.0139. The molecule has 0 aliphatic carbocycles. The number of ether oxygens (including phenoxy) is 1. The number of rotatable bonds is 4. The van der Waals surface area contributed by atoms with Gasteiger partial charge in [0, 0.05) is 13.0 Å². The quantitative estimate of drug-likeness (QED) is 0.519. The molecule has 0 bridgehead atoms. The Bertz CT molecular complexity index is 217. The van der Waals surface area contributed by atoms with E-state index in [1.165, 1.54) is 0 Å². The first-order valence-corrected chi connectivity index (χ1v) is 3.89. The third-order valence-corrected chi connectivity index (χ3v) is 1.83. The van der Waals surface area contributed by atoms with E-state index in [4.69, 9.17) is 14.9 Å². The van der Waals surface area contributed by atoms with Crippen LogP contribution in [0.3, 0.4) is 0 Å². The summed E-state index contributed by atoms with van der Waals surface area (Å²) < 4.78 is 4.92. The summed E-state index contributed by atoms with van der Waals surface area (Å²) in [5, 5.41) is 19.6. The Labute approximate surface area is 74.5 Å². The van der Waals surface area contributed by atoms with Gasteiger partial charge in [0.1, 0.15) is 12.6 Å². The molecule has 13 heavy (non-hydrogen) atoms. The highest BCUT2D eigenvalue weighted by atomic mass is 16.5. The van der Waals surface area contributed by atoms with Crippen molar-refractivity contribution >= 4 is 11.9 Å². The van der Waals surface area contributed by atoms with Crippen LogP contribution in [0.2, 0.25) is 0 Å². The fourth-order valence-corrected chi connectivity index (χ4v) is 1.21. The minimum atomic E-state index is -1.04. The second-order valence-corrected chi connectivity index (χ2v) is 2.86. The lowest BCUT2D eigenvalue weighted by Crippen LogP contribution is -2.30. The lowest BCUT2D eigenvalue weighted by Gasteiger charge is -2.07. The highest BCUT2D eigenvalue weighted by Crippen LogP contribution is 2.10. The van der Waals surface area contributed by atoms with Crippen LogP contribution in [0.15, 0.2) is 0 Å². The molecule has 6 nitrogen and oxygen atoms in total. The van der Waals surface area contributed by atoms with Crippen LogP contribution in [0.4, 0.5) is 0 Å². The Balaban J connectivity index is 2.25. The lowest BCUT2D eigenvalue weighted by atomic mass is 10.2. The summed E-state index contributed by atoms with van der Waals surface area (Å²) in [5.74, 6) is -1.97. The van der Waals surface area contributed by atoms with Crippen molar-refractivity contribution in [1.82, 2.24) is 5.32 Å². The molecule has 0 aromatic carbocycles. The van der Waals surface area contributed by atoms with E-state index >= 15 is 0 Å². The van der Waals surface area contributed by atoms with Crippen molar-refractivity contribution < 1.29 is 24.5 Å². The molecule has 1 heterocycles. The van der Waals surface area contributed by atoms with Gasteiger partial charge in [-0.05, 0) is 0 Å². The van der Waals surface area contributed by atoms with Crippen molar-refractivity contribution in [3.63, 3.8) is 0 Å². The zero-order valence-corrected chi connectivity index (χ0v) is 6.90. The van der Waals surface area contributed by atoms with E-state index in [0.717, 1.165) is 0 Å². The molecular weight excluding hydrogens is 178 g/mol. The van der Waals surface area contributed by atoms with Crippen molar-refractivity contribution in [1.29, 1.82) is 0 Å². The summed E-state index contributed by atoms with van der Waals surface area (Å²) in [6, 6.07) is -0.612. The van der Waals surface area contributed by atoms with Crippen LogP contribution in [0.25, 0.3) is 0 Å². The predicted octanol–water partition coefficient (Wildman–Crippen LogP) is -1.10. The fourth-order valence-electron chi connectivity index (χ4n) is 1.21. The molecule has 1 saturated heterocycles. The first-order valence-electron chi connectivity index (χ1n) is 3.89. The van der Waals surface area contributed by atoms with Crippen LogP contribution in [-0.2, 0) is 14.3 Å². The number of carbonyl (C=O) groups is 2. The van der Waals surface area contributed by atoms with E-state index in [0.29, 0.717) is 13.0 Å². The van der Waals surface area contributed by atoms with Crippen molar-refractivity contribution in [2.75, 3.05) is 13.2 Å². The zero-order valence-electron chi connectivity index (χ0n) is 6.90. The molecule has 0 spiro atoms. The lowest BCUT2D eigenvalue weighted by molar-refractivity contribution is -0.144. The molecule has 0 unspecified atom stereocenters. The highest BCUT2D eigenvalue weighted by molar-refractivity contribution is 5.74. The van der Waals surface area contributed by atoms with Crippen molar-refractivity contribution in [3.8, 4) is 0 Å². The summed E-state index contributed by atoms with van der Waals surface area (Å²) >= 11 is 0. The molecule has 0 amide bonds. The summed E-state index contributed by atoms with van der Waals surface area (Å²) in [6.45, 7) is 0.0168. The van der Waals surface area contributed by atoms with E-state index in [2.05, 4.69) is 5.32 Å². The summed E-state index contributed by atoms with van der Waals surface area (Å²) in [5.41, 5.74) is 0. The molecule has 0 aromatic heterocycles. The number of carboxylic acids is 2. The average Bonchev–Trinajstić information content (AvgIpc) is 2.48. The Morgan fingerprint density at radius 1 is 1.46 bits per heavy atom. The molecule has 1 fully saturated rings. The molecule has 2 atom stereocenters. The maximum atomic E-state index is 10.5. The minimum absolute atomic E-state index is 0.308. The predicted molar refractivity (Wildman–Crippen MR) is 41.4 cm³/mol. The van der Waals surface area contributed by atoms with Crippen molar-refractivity contribution in [3.05, 3.63) is 0 Å². The largest absolute Gasteiger partial charge is 0.480 e. The van der Waals surface area contributed by atoms with Crippen LogP contribution >= 0.6 is 0 Å². The van der Waals surface area contributed by atoms with Gasteiger partial charge in [0.15, 0.2) is 0 Å². The van der Waals surface area contributed by atoms with Gasteiger partial charge < -0.3 is 20.3 Å². The van der Waals surface area contributed by atoms with E-state index in [1.54, 1.807) is 0 Å². The van der Waals surface area contributed by atoms with Crippen LogP contribution in [0.5, 0.6) is 0 Å². The van der Waals surface area contributed by atoms with Crippen molar-refractivity contribution in [2.45, 2.75) is 18.6 Å². The second kappa shape index (κ2) is 4.20. The standard InChI is InChI=1S/C7H11NO5/c9-6(10)3-13-4-1-5(7(11)12)8-2-4/h4-5,8H,1-3H2,(H,9,10)(H,11,12)/t4-,5-/m1/s1. The molecule has 1 rings (SSSR count). The second-order valence-electron chi connectivity index (χ2n) is 2.86. The van der Waals surface area contributed by atoms with Gasteiger partial charge in [-0.25, -0.2) is 4.79 Å². The maximum Gasteiger partial charge on any atom is 0.329 e. The number of aliphatic carboxylic acids is 2. The summed E-state index contributed by atoms with van der Waals surface area (Å²) in [7, 11) is 0. The van der Waals surface area contributed by atoms with Crippen LogP contribution in [-0.4, -0.2) is 47.4 Å². The van der Waals surface area contributed by atoms with Gasteiger partial charge in [-0.1, -0.05) is 0 Å². The van der Waals surface area contributed by atoms with Crippen molar-refractivity contribution in [2.24, 2.45) is 0 Å². The molecule has 6 heteroatoms. The Hall–Kier alpha value is -1.14. The molecular formula is C7H11NO5. The Morgan fingerprint density at radius 2 is 2.15 bits per heavy atom. The van der Waals surface area contributed by atoms with Gasteiger partial charge in [0.25, 0.3) is 0 Å². The third kappa shape index (κ3) is 3.00. The molecule has 0 saturated carbocycles. The van der Waals surface area contributed by atoms with Gasteiger partial charge in [-0.2, -0.15) is 0 Å². The monoisotopic (exact) mass is 189 g/mol. The maximum absolute atomic E-state index is 10.5. The van der Waals surface area contributed by atoms with Gasteiger partial charge in [0.2, 0.25) is 0 Å². The molecule has 3 N–H and O–H groups in total. The number of nitrogens with one attached hydrogen (secondary N) is 1. The zero-order chi connectivity index (χ0) is 9.84. The van der Waals surface area contributed by atoms with Gasteiger partial charge in [0.05, 0.1) is 6.10 Å². The van der Waals surface area contributed by atoms with E-state index < -0.39 is 18.0 Å². The molecule has 0 radical (unpaired) electrons. The smallest absolute Gasteiger partial charge is 0.329 e. The third-order valence-electron chi connectivity index (χ3n) is 1.83. The molecule has 74 valence electrons. The van der Waals surface area contributed by atoms with E-state index in [1.807, 2.05) is 0 Å². The number of hydrogen-bond donors (Lipinski definition) is 3. The molecule has 1 aliphatic heterocycles. The van der Waals surface area contributed by atoms with E-state index in [-0.39, 0.29) is 12.7 Å². The van der Waals surface area contributed by atoms with Gasteiger partial charge >= 0.3 is 11.9 Å².